The van der Waals surface area contributed by atoms with Gasteiger partial charge in [-0.1, -0.05) is 48.0 Å². The Morgan fingerprint density at radius 2 is 1.87 bits per heavy atom. The molecule has 0 heterocycles. The van der Waals surface area contributed by atoms with Gasteiger partial charge in [0.1, 0.15) is 5.75 Å². The van der Waals surface area contributed by atoms with Gasteiger partial charge in [0.2, 0.25) is 0 Å². The molecule has 0 aliphatic carbocycles. The molecule has 0 aliphatic heterocycles. The third-order valence-corrected chi connectivity index (χ3v) is 3.59. The van der Waals surface area contributed by atoms with Crippen molar-refractivity contribution in [1.82, 2.24) is 5.43 Å². The molecule has 0 saturated carbocycles. The Hall–Kier alpha value is -3.14. The molecule has 4 nitrogen and oxygen atoms in total. The SMILES string of the molecule is Cc1ccc(O)c(/C=N\NC(=O)c2cccc3ccccc23)c1. The maximum Gasteiger partial charge on any atom is 0.271 e. The van der Waals surface area contributed by atoms with Crippen LogP contribution in [0.2, 0.25) is 0 Å². The Labute approximate surface area is 134 Å². The lowest BCUT2D eigenvalue weighted by Crippen LogP contribution is -2.17. The molecule has 0 spiro atoms. The Balaban J connectivity index is 1.81. The summed E-state index contributed by atoms with van der Waals surface area (Å²) in [6, 6.07) is 18.5. The Kier molecular flexibility index (Phi) is 4.06. The fourth-order valence-electron chi connectivity index (χ4n) is 2.42. The van der Waals surface area contributed by atoms with Crippen molar-refractivity contribution in [3.63, 3.8) is 0 Å². The fraction of sp³-hybridized carbons (Fsp3) is 0.0526. The second kappa shape index (κ2) is 6.32. The van der Waals surface area contributed by atoms with Gasteiger partial charge in [0.05, 0.1) is 6.21 Å². The van der Waals surface area contributed by atoms with Crippen LogP contribution >= 0.6 is 0 Å². The average molecular weight is 304 g/mol. The van der Waals surface area contributed by atoms with E-state index in [0.717, 1.165) is 16.3 Å². The number of hydrazone groups is 1. The van der Waals surface area contributed by atoms with Crippen LogP contribution < -0.4 is 5.43 Å². The number of phenols is 1. The lowest BCUT2D eigenvalue weighted by molar-refractivity contribution is 0.0957. The molecule has 114 valence electrons. The van der Waals surface area contributed by atoms with E-state index >= 15 is 0 Å². The molecule has 0 fully saturated rings. The van der Waals surface area contributed by atoms with Crippen LogP contribution in [0.25, 0.3) is 10.8 Å². The summed E-state index contributed by atoms with van der Waals surface area (Å²) < 4.78 is 0. The lowest BCUT2D eigenvalue weighted by atomic mass is 10.0. The predicted molar refractivity (Wildman–Crippen MR) is 91.9 cm³/mol. The normalized spacial score (nSPS) is 11.0. The van der Waals surface area contributed by atoms with E-state index in [2.05, 4.69) is 10.5 Å². The van der Waals surface area contributed by atoms with Crippen LogP contribution in [0.1, 0.15) is 21.5 Å². The maximum absolute atomic E-state index is 12.3. The van der Waals surface area contributed by atoms with Gasteiger partial charge in [-0.2, -0.15) is 5.10 Å². The van der Waals surface area contributed by atoms with Gasteiger partial charge in [-0.3, -0.25) is 4.79 Å². The van der Waals surface area contributed by atoms with Crippen molar-refractivity contribution < 1.29 is 9.90 Å². The number of nitrogens with zero attached hydrogens (tertiary/aromatic N) is 1. The number of rotatable bonds is 3. The number of aryl methyl sites for hydroxylation is 1. The van der Waals surface area contributed by atoms with E-state index in [4.69, 9.17) is 0 Å². The molecule has 0 radical (unpaired) electrons. The predicted octanol–water partition coefficient (Wildman–Crippen LogP) is 3.62. The summed E-state index contributed by atoms with van der Waals surface area (Å²) in [6.45, 7) is 1.92. The lowest BCUT2D eigenvalue weighted by Gasteiger charge is -2.05. The van der Waals surface area contributed by atoms with Crippen LogP contribution in [0, 0.1) is 6.92 Å². The van der Waals surface area contributed by atoms with Gasteiger partial charge in [-0.15, -0.1) is 0 Å². The van der Waals surface area contributed by atoms with Crippen molar-refractivity contribution in [2.45, 2.75) is 6.92 Å². The molecule has 2 N–H and O–H groups in total. The largest absolute Gasteiger partial charge is 0.507 e. The molecule has 1 amide bonds. The van der Waals surface area contributed by atoms with E-state index in [1.807, 2.05) is 43.3 Å². The number of hydrogen-bond acceptors (Lipinski definition) is 3. The van der Waals surface area contributed by atoms with Crippen LogP contribution in [0.4, 0.5) is 0 Å². The van der Waals surface area contributed by atoms with Crippen molar-refractivity contribution in [3.05, 3.63) is 77.4 Å². The van der Waals surface area contributed by atoms with Gasteiger partial charge in [0, 0.05) is 11.1 Å². The van der Waals surface area contributed by atoms with E-state index in [1.54, 1.807) is 24.3 Å². The van der Waals surface area contributed by atoms with Crippen molar-refractivity contribution in [2.24, 2.45) is 5.10 Å². The van der Waals surface area contributed by atoms with E-state index in [0.29, 0.717) is 11.1 Å². The molecule has 0 bridgehead atoms. The highest BCUT2D eigenvalue weighted by atomic mass is 16.3. The Morgan fingerprint density at radius 3 is 2.74 bits per heavy atom. The van der Waals surface area contributed by atoms with E-state index in [1.165, 1.54) is 6.21 Å². The summed E-state index contributed by atoms with van der Waals surface area (Å²) in [5, 5.41) is 15.6. The first-order chi connectivity index (χ1) is 11.1. The van der Waals surface area contributed by atoms with Crippen LogP contribution in [0.15, 0.2) is 65.8 Å². The average Bonchev–Trinajstić information content (AvgIpc) is 2.57. The molecule has 4 heteroatoms. The smallest absolute Gasteiger partial charge is 0.271 e. The van der Waals surface area contributed by atoms with Crippen LogP contribution in [-0.4, -0.2) is 17.2 Å². The van der Waals surface area contributed by atoms with Gasteiger partial charge in [-0.05, 0) is 35.9 Å². The number of carbonyl (C=O) groups is 1. The van der Waals surface area contributed by atoms with Crippen molar-refractivity contribution in [1.29, 1.82) is 0 Å². The Bertz CT molecular complexity index is 896. The number of hydrogen-bond donors (Lipinski definition) is 2. The number of benzene rings is 3. The highest BCUT2D eigenvalue weighted by Crippen LogP contribution is 2.18. The first-order valence-electron chi connectivity index (χ1n) is 7.26. The zero-order valence-electron chi connectivity index (χ0n) is 12.7. The standard InChI is InChI=1S/C19H16N2O2/c1-13-9-10-18(22)15(11-13)12-20-21-19(23)17-8-4-6-14-5-2-3-7-16(14)17/h2-12,22H,1H3,(H,21,23)/b20-12-. The molecule has 23 heavy (non-hydrogen) atoms. The second-order valence-electron chi connectivity index (χ2n) is 5.29. The molecule has 0 atom stereocenters. The zero-order chi connectivity index (χ0) is 16.2. The molecule has 3 aromatic carbocycles. The molecule has 0 unspecified atom stereocenters. The Morgan fingerprint density at radius 1 is 1.09 bits per heavy atom. The first-order valence-corrected chi connectivity index (χ1v) is 7.26. The van der Waals surface area contributed by atoms with E-state index in [-0.39, 0.29) is 11.7 Å². The summed E-state index contributed by atoms with van der Waals surface area (Å²) >= 11 is 0. The van der Waals surface area contributed by atoms with Gasteiger partial charge < -0.3 is 5.11 Å². The molecular weight excluding hydrogens is 288 g/mol. The maximum atomic E-state index is 12.3. The monoisotopic (exact) mass is 304 g/mol. The van der Waals surface area contributed by atoms with Gasteiger partial charge in [-0.25, -0.2) is 5.43 Å². The third-order valence-electron chi connectivity index (χ3n) is 3.59. The van der Waals surface area contributed by atoms with Crippen molar-refractivity contribution >= 4 is 22.9 Å². The highest BCUT2D eigenvalue weighted by molar-refractivity contribution is 6.07. The molecular formula is C19H16N2O2. The van der Waals surface area contributed by atoms with Gasteiger partial charge in [0.25, 0.3) is 5.91 Å². The van der Waals surface area contributed by atoms with E-state index < -0.39 is 0 Å². The number of aromatic hydroxyl groups is 1. The third kappa shape index (κ3) is 3.21. The quantitative estimate of drug-likeness (QED) is 0.573. The molecule has 3 aromatic rings. The minimum atomic E-state index is -0.287. The summed E-state index contributed by atoms with van der Waals surface area (Å²) in [7, 11) is 0. The summed E-state index contributed by atoms with van der Waals surface area (Å²) in [6.07, 6.45) is 1.44. The van der Waals surface area contributed by atoms with Crippen molar-refractivity contribution in [3.8, 4) is 5.75 Å². The number of phenolic OH excluding ortho intramolecular Hbond substituents is 1. The fourth-order valence-corrected chi connectivity index (χ4v) is 2.42. The number of carbonyl (C=O) groups excluding carboxylic acids is 1. The number of amides is 1. The molecule has 3 rings (SSSR count). The highest BCUT2D eigenvalue weighted by Gasteiger charge is 2.08. The minimum Gasteiger partial charge on any atom is -0.507 e. The minimum absolute atomic E-state index is 0.124. The molecule has 0 aliphatic rings. The molecule has 0 aromatic heterocycles. The van der Waals surface area contributed by atoms with Crippen LogP contribution in [0.5, 0.6) is 5.75 Å². The first kappa shape index (κ1) is 14.8. The summed E-state index contributed by atoms with van der Waals surface area (Å²) in [5.41, 5.74) is 4.63. The molecule has 0 saturated heterocycles. The van der Waals surface area contributed by atoms with Gasteiger partial charge in [0.15, 0.2) is 0 Å². The summed E-state index contributed by atoms with van der Waals surface area (Å²) in [4.78, 5) is 12.3. The number of fused-ring (bicyclic) bond motifs is 1. The number of nitrogens with one attached hydrogen (secondary N) is 1. The van der Waals surface area contributed by atoms with Gasteiger partial charge >= 0.3 is 0 Å². The van der Waals surface area contributed by atoms with Crippen LogP contribution in [0.3, 0.4) is 0 Å². The zero-order valence-corrected chi connectivity index (χ0v) is 12.7. The topological polar surface area (TPSA) is 61.7 Å². The summed E-state index contributed by atoms with van der Waals surface area (Å²) in [5.74, 6) is -0.163. The second-order valence-corrected chi connectivity index (χ2v) is 5.29. The van der Waals surface area contributed by atoms with Crippen LogP contribution in [-0.2, 0) is 0 Å². The van der Waals surface area contributed by atoms with Crippen molar-refractivity contribution in [2.75, 3.05) is 0 Å². The van der Waals surface area contributed by atoms with E-state index in [9.17, 15) is 9.90 Å².